The van der Waals surface area contributed by atoms with Crippen LogP contribution in [-0.4, -0.2) is 23.1 Å². The molecule has 0 amide bonds. The van der Waals surface area contributed by atoms with E-state index >= 15 is 0 Å². The Labute approximate surface area is 150 Å². The van der Waals surface area contributed by atoms with E-state index in [0.29, 0.717) is 6.04 Å². The van der Waals surface area contributed by atoms with Crippen molar-refractivity contribution in [3.63, 3.8) is 0 Å². The maximum atomic E-state index is 4.46. The largest absolute Gasteiger partial charge is 0.352 e. The lowest BCUT2D eigenvalue weighted by Crippen LogP contribution is -2.33. The molecule has 1 aromatic carbocycles. The van der Waals surface area contributed by atoms with Crippen LogP contribution in [0.4, 0.5) is 5.82 Å². The minimum absolute atomic E-state index is 0.187. The van der Waals surface area contributed by atoms with Crippen molar-refractivity contribution in [2.45, 2.75) is 58.0 Å². The average molecular weight is 336 g/mol. The van der Waals surface area contributed by atoms with Gasteiger partial charge in [0.2, 0.25) is 0 Å². The van der Waals surface area contributed by atoms with E-state index in [1.54, 1.807) is 6.33 Å². The zero-order valence-corrected chi connectivity index (χ0v) is 15.5. The summed E-state index contributed by atoms with van der Waals surface area (Å²) in [6, 6.07) is 7.43. The van der Waals surface area contributed by atoms with Crippen LogP contribution in [0.25, 0.3) is 0 Å². The molecule has 4 nitrogen and oxygen atoms in total. The van der Waals surface area contributed by atoms with E-state index in [1.807, 2.05) is 12.3 Å². The molecule has 1 saturated heterocycles. The molecule has 1 fully saturated rings. The van der Waals surface area contributed by atoms with Crippen molar-refractivity contribution < 1.29 is 0 Å². The normalized spacial score (nSPS) is 20.6. The number of anilines is 1. The SMILES string of the molecule is CC(C)(C)c1cc2c(c([C@@H]3CCCN3)c1)CN(c1ccncn1)CC2. The van der Waals surface area contributed by atoms with Crippen molar-refractivity contribution in [3.05, 3.63) is 53.0 Å². The standard InChI is InChI=1S/C21H28N4/c1-21(2,3)16-11-15-7-10-25(20-6-9-22-14-24-20)13-18(15)17(12-16)19-5-4-8-23-19/h6,9,11-12,14,19,23H,4-5,7-8,10,13H2,1-3H3/t19-/m0/s1. The number of nitrogens with zero attached hydrogens (tertiary/aromatic N) is 3. The second kappa shape index (κ2) is 6.41. The van der Waals surface area contributed by atoms with Gasteiger partial charge >= 0.3 is 0 Å². The number of rotatable bonds is 2. The van der Waals surface area contributed by atoms with E-state index < -0.39 is 0 Å². The summed E-state index contributed by atoms with van der Waals surface area (Å²) >= 11 is 0. The lowest BCUT2D eigenvalue weighted by molar-refractivity contribution is 0.575. The molecule has 0 saturated carbocycles. The van der Waals surface area contributed by atoms with E-state index in [9.17, 15) is 0 Å². The Hall–Kier alpha value is -1.94. The number of benzene rings is 1. The lowest BCUT2D eigenvalue weighted by Gasteiger charge is -2.34. The van der Waals surface area contributed by atoms with Gasteiger partial charge < -0.3 is 10.2 Å². The molecular formula is C21H28N4. The van der Waals surface area contributed by atoms with E-state index in [0.717, 1.165) is 31.9 Å². The molecule has 0 aliphatic carbocycles. The van der Waals surface area contributed by atoms with Gasteiger partial charge in [-0.15, -0.1) is 0 Å². The molecule has 2 aliphatic rings. The second-order valence-electron chi connectivity index (χ2n) is 8.34. The van der Waals surface area contributed by atoms with Gasteiger partial charge in [-0.25, -0.2) is 9.97 Å². The molecule has 2 aromatic rings. The van der Waals surface area contributed by atoms with Crippen LogP contribution in [0, 0.1) is 0 Å². The highest BCUT2D eigenvalue weighted by Gasteiger charge is 2.28. The lowest BCUT2D eigenvalue weighted by atomic mass is 9.80. The monoisotopic (exact) mass is 336 g/mol. The first-order chi connectivity index (χ1) is 12.0. The molecule has 0 spiro atoms. The summed E-state index contributed by atoms with van der Waals surface area (Å²) in [4.78, 5) is 10.9. The van der Waals surface area contributed by atoms with Gasteiger partial charge in [0.15, 0.2) is 0 Å². The minimum atomic E-state index is 0.187. The van der Waals surface area contributed by atoms with Crippen LogP contribution < -0.4 is 10.2 Å². The van der Waals surface area contributed by atoms with Crippen LogP contribution in [-0.2, 0) is 18.4 Å². The van der Waals surface area contributed by atoms with Gasteiger partial charge in [-0.2, -0.15) is 0 Å². The molecule has 25 heavy (non-hydrogen) atoms. The van der Waals surface area contributed by atoms with Crippen LogP contribution in [0.15, 0.2) is 30.7 Å². The Morgan fingerprint density at radius 1 is 1.24 bits per heavy atom. The van der Waals surface area contributed by atoms with Crippen molar-refractivity contribution in [1.82, 2.24) is 15.3 Å². The molecule has 0 bridgehead atoms. The van der Waals surface area contributed by atoms with Crippen LogP contribution >= 0.6 is 0 Å². The summed E-state index contributed by atoms with van der Waals surface area (Å²) in [5.41, 5.74) is 6.20. The smallest absolute Gasteiger partial charge is 0.132 e. The first kappa shape index (κ1) is 16.5. The summed E-state index contributed by atoms with van der Waals surface area (Å²) in [5.74, 6) is 1.03. The maximum Gasteiger partial charge on any atom is 0.132 e. The zero-order chi connectivity index (χ0) is 17.4. The fraction of sp³-hybridized carbons (Fsp3) is 0.524. The van der Waals surface area contributed by atoms with E-state index in [2.05, 4.69) is 53.1 Å². The van der Waals surface area contributed by atoms with Gasteiger partial charge in [0, 0.05) is 25.3 Å². The van der Waals surface area contributed by atoms with Gasteiger partial charge in [-0.05, 0) is 59.5 Å². The molecular weight excluding hydrogens is 308 g/mol. The van der Waals surface area contributed by atoms with Gasteiger partial charge in [0.05, 0.1) is 0 Å². The van der Waals surface area contributed by atoms with E-state index in [4.69, 9.17) is 0 Å². The minimum Gasteiger partial charge on any atom is -0.352 e. The summed E-state index contributed by atoms with van der Waals surface area (Å²) in [6.45, 7) is 10.1. The first-order valence-electron chi connectivity index (χ1n) is 9.43. The first-order valence-corrected chi connectivity index (χ1v) is 9.43. The number of aromatic nitrogens is 2. The van der Waals surface area contributed by atoms with Crippen LogP contribution in [0.2, 0.25) is 0 Å². The maximum absolute atomic E-state index is 4.46. The number of hydrogen-bond donors (Lipinski definition) is 1. The van der Waals surface area contributed by atoms with E-state index in [-0.39, 0.29) is 5.41 Å². The van der Waals surface area contributed by atoms with Crippen LogP contribution in [0.1, 0.15) is 61.9 Å². The highest BCUT2D eigenvalue weighted by Crippen LogP contribution is 2.36. The van der Waals surface area contributed by atoms with Crippen molar-refractivity contribution >= 4 is 5.82 Å². The predicted octanol–water partition coefficient (Wildman–Crippen LogP) is 3.76. The highest BCUT2D eigenvalue weighted by molar-refractivity contribution is 5.50. The fourth-order valence-electron chi connectivity index (χ4n) is 4.06. The number of hydrogen-bond acceptors (Lipinski definition) is 4. The Morgan fingerprint density at radius 3 is 2.80 bits per heavy atom. The zero-order valence-electron chi connectivity index (χ0n) is 15.5. The van der Waals surface area contributed by atoms with Crippen molar-refractivity contribution in [1.29, 1.82) is 0 Å². The summed E-state index contributed by atoms with van der Waals surface area (Å²) in [5, 5.41) is 3.71. The predicted molar refractivity (Wildman–Crippen MR) is 102 cm³/mol. The third-order valence-corrected chi connectivity index (χ3v) is 5.57. The molecule has 132 valence electrons. The molecule has 1 aromatic heterocycles. The molecule has 4 rings (SSSR count). The number of nitrogens with one attached hydrogen (secondary N) is 1. The summed E-state index contributed by atoms with van der Waals surface area (Å²) in [7, 11) is 0. The van der Waals surface area contributed by atoms with Gasteiger partial charge in [0.25, 0.3) is 0 Å². The third kappa shape index (κ3) is 3.28. The fourth-order valence-corrected chi connectivity index (χ4v) is 4.06. The quantitative estimate of drug-likeness (QED) is 0.906. The molecule has 4 heteroatoms. The molecule has 0 radical (unpaired) electrons. The van der Waals surface area contributed by atoms with Crippen LogP contribution in [0.3, 0.4) is 0 Å². The van der Waals surface area contributed by atoms with Crippen molar-refractivity contribution in [2.75, 3.05) is 18.0 Å². The molecule has 1 atom stereocenters. The topological polar surface area (TPSA) is 41.0 Å². The second-order valence-corrected chi connectivity index (χ2v) is 8.34. The Bertz CT molecular complexity index is 742. The average Bonchev–Trinajstić information content (AvgIpc) is 3.15. The molecule has 2 aliphatic heterocycles. The van der Waals surface area contributed by atoms with Gasteiger partial charge in [-0.3, -0.25) is 0 Å². The summed E-state index contributed by atoms with van der Waals surface area (Å²) < 4.78 is 0. The Balaban J connectivity index is 1.75. The van der Waals surface area contributed by atoms with Gasteiger partial charge in [0.1, 0.15) is 12.1 Å². The molecule has 3 heterocycles. The van der Waals surface area contributed by atoms with Crippen LogP contribution in [0.5, 0.6) is 0 Å². The molecule has 1 N–H and O–H groups in total. The Kier molecular flexibility index (Phi) is 4.24. The molecule has 0 unspecified atom stereocenters. The highest BCUT2D eigenvalue weighted by atomic mass is 15.2. The Morgan fingerprint density at radius 2 is 2.12 bits per heavy atom. The summed E-state index contributed by atoms with van der Waals surface area (Å²) in [6.07, 6.45) is 7.08. The van der Waals surface area contributed by atoms with Crippen molar-refractivity contribution in [3.8, 4) is 0 Å². The van der Waals surface area contributed by atoms with Gasteiger partial charge in [-0.1, -0.05) is 32.9 Å². The number of fused-ring (bicyclic) bond motifs is 1. The van der Waals surface area contributed by atoms with Crippen molar-refractivity contribution in [2.24, 2.45) is 0 Å². The third-order valence-electron chi connectivity index (χ3n) is 5.57. The van der Waals surface area contributed by atoms with E-state index in [1.165, 1.54) is 35.1 Å².